The molecule has 0 bridgehead atoms. The molecular weight excluding hydrogens is 186 g/mol. The van der Waals surface area contributed by atoms with Crippen molar-refractivity contribution in [3.63, 3.8) is 0 Å². The van der Waals surface area contributed by atoms with Gasteiger partial charge in [0.1, 0.15) is 0 Å². The topological polar surface area (TPSA) is 22.1 Å². The minimum Gasteiger partial charge on any atom is -0.372 e. The zero-order valence-electron chi connectivity index (χ0n) is 8.47. The van der Waals surface area contributed by atoms with Crippen LogP contribution in [-0.4, -0.2) is 4.98 Å². The van der Waals surface area contributed by atoms with Crippen LogP contribution in [0, 0.1) is 0 Å². The Bertz CT molecular complexity index is 346. The Morgan fingerprint density at radius 3 is 2.33 bits per heavy atom. The Labute approximate surface area is 89.6 Å². The van der Waals surface area contributed by atoms with Crippen molar-refractivity contribution in [3.8, 4) is 0 Å². The summed E-state index contributed by atoms with van der Waals surface area (Å²) in [6.07, 6.45) is 3.59. The number of pyridine rings is 1. The van der Waals surface area contributed by atoms with Gasteiger partial charge in [-0.1, -0.05) is 36.4 Å². The van der Waals surface area contributed by atoms with Gasteiger partial charge in [0, 0.05) is 12.4 Å². The van der Waals surface area contributed by atoms with Crippen LogP contribution in [0.3, 0.4) is 0 Å². The SMILES string of the molecule is c1ccc(COCc2cccnc2)cc1. The Hall–Kier alpha value is -1.67. The first kappa shape index (κ1) is 9.87. The molecule has 0 radical (unpaired) electrons. The molecule has 0 atom stereocenters. The van der Waals surface area contributed by atoms with Crippen molar-refractivity contribution in [3.05, 3.63) is 66.0 Å². The molecule has 0 spiro atoms. The smallest absolute Gasteiger partial charge is 0.0736 e. The molecule has 1 heterocycles. The van der Waals surface area contributed by atoms with E-state index < -0.39 is 0 Å². The van der Waals surface area contributed by atoms with Gasteiger partial charge in [-0.3, -0.25) is 4.98 Å². The maximum absolute atomic E-state index is 5.57. The van der Waals surface area contributed by atoms with Gasteiger partial charge in [-0.15, -0.1) is 0 Å². The molecule has 0 aliphatic carbocycles. The molecule has 0 N–H and O–H groups in total. The van der Waals surface area contributed by atoms with Crippen LogP contribution in [-0.2, 0) is 18.0 Å². The van der Waals surface area contributed by atoms with E-state index in [0.717, 1.165) is 5.56 Å². The number of nitrogens with zero attached hydrogens (tertiary/aromatic N) is 1. The molecule has 1 aromatic heterocycles. The summed E-state index contributed by atoms with van der Waals surface area (Å²) in [6.45, 7) is 1.26. The fourth-order valence-electron chi connectivity index (χ4n) is 1.34. The van der Waals surface area contributed by atoms with E-state index in [9.17, 15) is 0 Å². The summed E-state index contributed by atoms with van der Waals surface area (Å²) in [6, 6.07) is 14.1. The van der Waals surface area contributed by atoms with E-state index in [1.54, 1.807) is 6.20 Å². The summed E-state index contributed by atoms with van der Waals surface area (Å²) in [4.78, 5) is 4.03. The van der Waals surface area contributed by atoms with E-state index in [1.807, 2.05) is 36.5 Å². The number of benzene rings is 1. The van der Waals surface area contributed by atoms with Crippen molar-refractivity contribution < 1.29 is 4.74 Å². The molecule has 1 aromatic carbocycles. The van der Waals surface area contributed by atoms with E-state index in [0.29, 0.717) is 13.2 Å². The van der Waals surface area contributed by atoms with Crippen LogP contribution in [0.4, 0.5) is 0 Å². The Morgan fingerprint density at radius 1 is 0.867 bits per heavy atom. The third-order valence-corrected chi connectivity index (χ3v) is 2.10. The second-order valence-electron chi connectivity index (χ2n) is 3.34. The second-order valence-corrected chi connectivity index (χ2v) is 3.34. The number of ether oxygens (including phenoxy) is 1. The van der Waals surface area contributed by atoms with Gasteiger partial charge in [-0.2, -0.15) is 0 Å². The first-order chi connectivity index (χ1) is 7.45. The fourth-order valence-corrected chi connectivity index (χ4v) is 1.34. The molecule has 0 unspecified atom stereocenters. The highest BCUT2D eigenvalue weighted by atomic mass is 16.5. The van der Waals surface area contributed by atoms with Gasteiger partial charge < -0.3 is 4.74 Å². The van der Waals surface area contributed by atoms with Crippen molar-refractivity contribution in [1.82, 2.24) is 4.98 Å². The zero-order valence-corrected chi connectivity index (χ0v) is 8.47. The van der Waals surface area contributed by atoms with E-state index >= 15 is 0 Å². The van der Waals surface area contributed by atoms with Crippen molar-refractivity contribution in [2.45, 2.75) is 13.2 Å². The lowest BCUT2D eigenvalue weighted by Gasteiger charge is -2.03. The van der Waals surface area contributed by atoms with Crippen LogP contribution in [0.15, 0.2) is 54.9 Å². The van der Waals surface area contributed by atoms with Crippen LogP contribution in [0.5, 0.6) is 0 Å². The molecule has 2 nitrogen and oxygen atoms in total. The first-order valence-electron chi connectivity index (χ1n) is 4.96. The molecule has 2 heteroatoms. The summed E-state index contributed by atoms with van der Waals surface area (Å²) in [5.74, 6) is 0. The van der Waals surface area contributed by atoms with Crippen LogP contribution in [0.25, 0.3) is 0 Å². The molecule has 0 aliphatic heterocycles. The number of hydrogen-bond acceptors (Lipinski definition) is 2. The summed E-state index contributed by atoms with van der Waals surface area (Å²) in [5, 5.41) is 0. The maximum atomic E-state index is 5.57. The van der Waals surface area contributed by atoms with E-state index in [4.69, 9.17) is 4.74 Å². The van der Waals surface area contributed by atoms with Crippen molar-refractivity contribution >= 4 is 0 Å². The quantitative estimate of drug-likeness (QED) is 0.755. The van der Waals surface area contributed by atoms with Gasteiger partial charge in [-0.25, -0.2) is 0 Å². The van der Waals surface area contributed by atoms with Gasteiger partial charge in [-0.05, 0) is 17.2 Å². The van der Waals surface area contributed by atoms with Gasteiger partial charge >= 0.3 is 0 Å². The molecule has 0 aliphatic rings. The summed E-state index contributed by atoms with van der Waals surface area (Å²) in [7, 11) is 0. The zero-order chi connectivity index (χ0) is 10.3. The number of hydrogen-bond donors (Lipinski definition) is 0. The first-order valence-corrected chi connectivity index (χ1v) is 4.96. The lowest BCUT2D eigenvalue weighted by atomic mass is 10.2. The van der Waals surface area contributed by atoms with Crippen LogP contribution >= 0.6 is 0 Å². The predicted octanol–water partition coefficient (Wildman–Crippen LogP) is 2.80. The largest absolute Gasteiger partial charge is 0.372 e. The predicted molar refractivity (Wildman–Crippen MR) is 59.2 cm³/mol. The second kappa shape index (κ2) is 5.27. The van der Waals surface area contributed by atoms with Crippen LogP contribution in [0.2, 0.25) is 0 Å². The van der Waals surface area contributed by atoms with Crippen LogP contribution < -0.4 is 0 Å². The molecule has 0 saturated carbocycles. The average Bonchev–Trinajstić information content (AvgIpc) is 2.32. The highest BCUT2D eigenvalue weighted by Gasteiger charge is 1.93. The van der Waals surface area contributed by atoms with E-state index in [-0.39, 0.29) is 0 Å². The molecule has 76 valence electrons. The van der Waals surface area contributed by atoms with E-state index in [1.165, 1.54) is 5.56 Å². The standard InChI is InChI=1S/C13H13NO/c1-2-5-12(6-3-1)10-15-11-13-7-4-8-14-9-13/h1-9H,10-11H2. The highest BCUT2D eigenvalue weighted by Crippen LogP contribution is 2.04. The minimum atomic E-state index is 0.614. The Balaban J connectivity index is 1.81. The number of aromatic nitrogens is 1. The molecule has 0 fully saturated rings. The van der Waals surface area contributed by atoms with E-state index in [2.05, 4.69) is 17.1 Å². The van der Waals surface area contributed by atoms with Crippen LogP contribution in [0.1, 0.15) is 11.1 Å². The minimum absolute atomic E-state index is 0.614. The lowest BCUT2D eigenvalue weighted by molar-refractivity contribution is 0.107. The summed E-state index contributed by atoms with van der Waals surface area (Å²) >= 11 is 0. The van der Waals surface area contributed by atoms with Gasteiger partial charge in [0.2, 0.25) is 0 Å². The lowest BCUT2D eigenvalue weighted by Crippen LogP contribution is -1.94. The normalized spacial score (nSPS) is 10.1. The van der Waals surface area contributed by atoms with Gasteiger partial charge in [0.05, 0.1) is 13.2 Å². The molecule has 0 saturated heterocycles. The van der Waals surface area contributed by atoms with Crippen molar-refractivity contribution in [1.29, 1.82) is 0 Å². The maximum Gasteiger partial charge on any atom is 0.0736 e. The van der Waals surface area contributed by atoms with Gasteiger partial charge in [0.15, 0.2) is 0 Å². The molecule has 2 aromatic rings. The highest BCUT2D eigenvalue weighted by molar-refractivity contribution is 5.13. The third kappa shape index (κ3) is 3.18. The monoisotopic (exact) mass is 199 g/mol. The average molecular weight is 199 g/mol. The molecule has 15 heavy (non-hydrogen) atoms. The van der Waals surface area contributed by atoms with Crippen molar-refractivity contribution in [2.75, 3.05) is 0 Å². The summed E-state index contributed by atoms with van der Waals surface area (Å²) in [5.41, 5.74) is 2.30. The molecule has 0 amide bonds. The summed E-state index contributed by atoms with van der Waals surface area (Å²) < 4.78 is 5.57. The third-order valence-electron chi connectivity index (χ3n) is 2.10. The molecule has 2 rings (SSSR count). The van der Waals surface area contributed by atoms with Crippen molar-refractivity contribution in [2.24, 2.45) is 0 Å². The molecular formula is C13H13NO. The Kier molecular flexibility index (Phi) is 3.47. The fraction of sp³-hybridized carbons (Fsp3) is 0.154. The van der Waals surface area contributed by atoms with Gasteiger partial charge in [0.25, 0.3) is 0 Å². The Morgan fingerprint density at radius 2 is 1.60 bits per heavy atom. The number of rotatable bonds is 4.